The quantitative estimate of drug-likeness (QED) is 0.296. The van der Waals surface area contributed by atoms with Gasteiger partial charge in [0.1, 0.15) is 0 Å². The van der Waals surface area contributed by atoms with E-state index in [0.717, 1.165) is 26.2 Å². The van der Waals surface area contributed by atoms with Crippen molar-refractivity contribution < 1.29 is 26.5 Å². The fourth-order valence-corrected chi connectivity index (χ4v) is 1.48. The molecule has 0 atom stereocenters. The third-order valence-corrected chi connectivity index (χ3v) is 3.16. The first-order valence-electron chi connectivity index (χ1n) is 11.1. The predicted octanol–water partition coefficient (Wildman–Crippen LogP) is 3.22. The molecule has 178 valence electrons. The summed E-state index contributed by atoms with van der Waals surface area (Å²) >= 11 is 0. The number of nitrogens with one attached hydrogen (secondary N) is 2. The second-order valence-corrected chi connectivity index (χ2v) is 5.52. The van der Waals surface area contributed by atoms with Gasteiger partial charge in [0, 0.05) is 15.9 Å². The molecular weight excluding hydrogens is 360 g/mol. The van der Waals surface area contributed by atoms with Gasteiger partial charge in [0.25, 0.3) is 0 Å². The Balaban J connectivity index is -0.000000231. The Morgan fingerprint density at radius 2 is 0.857 bits per heavy atom. The number of hydrogen-bond acceptors (Lipinski definition) is 7. The van der Waals surface area contributed by atoms with Gasteiger partial charge in [-0.25, -0.2) is 0 Å². The molecule has 7 heteroatoms. The van der Waals surface area contributed by atoms with Crippen LogP contribution < -0.4 is 10.6 Å². The summed E-state index contributed by atoms with van der Waals surface area (Å²) in [4.78, 5) is 0. The molecule has 0 heterocycles. The van der Waals surface area contributed by atoms with Crippen LogP contribution in [0.25, 0.3) is 0 Å². The summed E-state index contributed by atoms with van der Waals surface area (Å²) in [6, 6.07) is 0. The molecule has 0 aromatic heterocycles. The normalized spacial score (nSPS) is 10.1. The molecule has 0 spiro atoms. The summed E-state index contributed by atoms with van der Waals surface area (Å²) in [6.07, 6.45) is 2.64. The molecule has 0 saturated heterocycles. The molecule has 0 saturated carbocycles. The van der Waals surface area contributed by atoms with Gasteiger partial charge >= 0.3 is 0 Å². The van der Waals surface area contributed by atoms with Crippen LogP contribution in [-0.4, -0.2) is 92.8 Å². The number of likely N-dealkylation sites (N-methyl/N-ethyl adjacent to an activating group) is 2. The first kappa shape index (κ1) is 32.4. The lowest BCUT2D eigenvalue weighted by molar-refractivity contribution is -0.0105. The Labute approximate surface area is 178 Å². The highest BCUT2D eigenvalue weighted by Gasteiger charge is 1.93. The van der Waals surface area contributed by atoms with E-state index in [2.05, 4.69) is 31.4 Å². The molecule has 0 radical (unpaired) electrons. The highest BCUT2D eigenvalue weighted by Crippen LogP contribution is 1.83. The molecule has 0 bridgehead atoms. The maximum absolute atomic E-state index is 5.39. The molecule has 28 heavy (non-hydrogen) atoms. The van der Waals surface area contributed by atoms with Crippen LogP contribution in [0.3, 0.4) is 0 Å². The second-order valence-electron chi connectivity index (χ2n) is 5.52. The van der Waals surface area contributed by atoms with Crippen LogP contribution in [0, 0.1) is 0 Å². The van der Waals surface area contributed by atoms with Crippen molar-refractivity contribution in [2.24, 2.45) is 0 Å². The first-order valence-corrected chi connectivity index (χ1v) is 11.1. The average molecular weight is 415 g/mol. The number of unbranched alkanes of at least 4 members (excludes halogenated alkanes) is 1. The van der Waals surface area contributed by atoms with Crippen LogP contribution in [0.1, 0.15) is 50.3 Å². The predicted molar refractivity (Wildman–Crippen MR) is 123 cm³/mol. The van der Waals surface area contributed by atoms with E-state index in [-0.39, 0.29) is 2.85 Å². The zero-order chi connectivity index (χ0) is 21.6. The maximum Gasteiger partial charge on any atom is 0.0701 e. The second kappa shape index (κ2) is 37.5. The standard InChI is InChI=1S/C15H34N2O5.C4H10.C2H6.2H2/c1-3-17-5-7-19-9-11-21-13-15-22-14-12-20-10-8-18-6-4-16-2;1-3-4-2;1-2;;/h16-17H,3-15H2,1-2H3;3-4H2,1-2H3;1-2H3;2*1H. The molecule has 2 N–H and O–H groups in total. The fourth-order valence-electron chi connectivity index (χ4n) is 1.48. The minimum absolute atomic E-state index is 0. The third-order valence-electron chi connectivity index (χ3n) is 3.16. The van der Waals surface area contributed by atoms with Gasteiger partial charge in [0.2, 0.25) is 0 Å². The van der Waals surface area contributed by atoms with Gasteiger partial charge in [-0.1, -0.05) is 47.5 Å². The Bertz CT molecular complexity index is 214. The van der Waals surface area contributed by atoms with E-state index >= 15 is 0 Å². The summed E-state index contributed by atoms with van der Waals surface area (Å²) in [5.74, 6) is 0. The Kier molecular flexibility index (Phi) is 43.3. The van der Waals surface area contributed by atoms with Gasteiger partial charge < -0.3 is 34.3 Å². The van der Waals surface area contributed by atoms with E-state index < -0.39 is 0 Å². The number of hydrogen-bond donors (Lipinski definition) is 2. The highest BCUT2D eigenvalue weighted by molar-refractivity contribution is 4.40. The van der Waals surface area contributed by atoms with Gasteiger partial charge in [0.15, 0.2) is 0 Å². The van der Waals surface area contributed by atoms with Gasteiger partial charge in [-0.2, -0.15) is 0 Å². The van der Waals surface area contributed by atoms with Crippen molar-refractivity contribution in [3.63, 3.8) is 0 Å². The van der Waals surface area contributed by atoms with E-state index in [1.54, 1.807) is 0 Å². The summed E-state index contributed by atoms with van der Waals surface area (Å²) in [5.41, 5.74) is 0. The number of ether oxygens (including phenoxy) is 5. The Hall–Kier alpha value is -0.280. The summed E-state index contributed by atoms with van der Waals surface area (Å²) in [6.45, 7) is 19.4. The monoisotopic (exact) mass is 414 g/mol. The zero-order valence-corrected chi connectivity index (χ0v) is 19.6. The van der Waals surface area contributed by atoms with Crippen molar-refractivity contribution >= 4 is 0 Å². The lowest BCUT2D eigenvalue weighted by atomic mass is 10.4. The topological polar surface area (TPSA) is 70.2 Å². The van der Waals surface area contributed by atoms with Crippen LogP contribution in [-0.2, 0) is 23.7 Å². The van der Waals surface area contributed by atoms with Crippen LogP contribution in [0.4, 0.5) is 0 Å². The van der Waals surface area contributed by atoms with E-state index in [9.17, 15) is 0 Å². The molecule has 0 fully saturated rings. The third kappa shape index (κ3) is 40.4. The highest BCUT2D eigenvalue weighted by atomic mass is 16.6. The maximum atomic E-state index is 5.39. The molecule has 0 rings (SSSR count). The Morgan fingerprint density at radius 1 is 0.536 bits per heavy atom. The molecule has 0 aromatic carbocycles. The molecule has 0 amide bonds. The fraction of sp³-hybridized carbons (Fsp3) is 1.00. The zero-order valence-electron chi connectivity index (χ0n) is 19.6. The van der Waals surface area contributed by atoms with E-state index in [4.69, 9.17) is 23.7 Å². The Morgan fingerprint density at radius 3 is 1.14 bits per heavy atom. The van der Waals surface area contributed by atoms with Gasteiger partial charge in [-0.05, 0) is 13.6 Å². The largest absolute Gasteiger partial charge is 0.378 e. The summed E-state index contributed by atoms with van der Waals surface area (Å²) in [5, 5.41) is 6.21. The van der Waals surface area contributed by atoms with Crippen molar-refractivity contribution in [1.29, 1.82) is 0 Å². The summed E-state index contributed by atoms with van der Waals surface area (Å²) < 4.78 is 26.8. The average Bonchev–Trinajstić information content (AvgIpc) is 2.74. The smallest absolute Gasteiger partial charge is 0.0701 e. The van der Waals surface area contributed by atoms with Gasteiger partial charge in [-0.3, -0.25) is 0 Å². The minimum Gasteiger partial charge on any atom is -0.378 e. The molecular formula is C21H54N2O5. The van der Waals surface area contributed by atoms with Crippen molar-refractivity contribution in [3.05, 3.63) is 0 Å². The molecule has 0 aliphatic rings. The van der Waals surface area contributed by atoms with Crippen LogP contribution >= 0.6 is 0 Å². The van der Waals surface area contributed by atoms with Crippen LogP contribution in [0.2, 0.25) is 0 Å². The van der Waals surface area contributed by atoms with Crippen molar-refractivity contribution in [3.8, 4) is 0 Å². The van der Waals surface area contributed by atoms with E-state index in [1.165, 1.54) is 12.8 Å². The van der Waals surface area contributed by atoms with Crippen LogP contribution in [0.5, 0.6) is 0 Å². The van der Waals surface area contributed by atoms with Crippen molar-refractivity contribution in [2.75, 3.05) is 92.8 Å². The minimum atomic E-state index is 0. The molecule has 0 aromatic rings. The molecule has 0 aliphatic carbocycles. The lowest BCUT2D eigenvalue weighted by Gasteiger charge is -2.08. The van der Waals surface area contributed by atoms with Gasteiger partial charge in [-0.15, -0.1) is 0 Å². The van der Waals surface area contributed by atoms with Crippen LogP contribution in [0.15, 0.2) is 0 Å². The molecule has 7 nitrogen and oxygen atoms in total. The first-order chi connectivity index (χ1) is 13.8. The van der Waals surface area contributed by atoms with Crippen molar-refractivity contribution in [2.45, 2.75) is 47.5 Å². The molecule has 0 unspecified atom stereocenters. The SMILES string of the molecule is CC.CCCC.CCNCCOCCOCCOCCOCCOCCNC.[HH].[HH]. The molecule has 0 aliphatic heterocycles. The number of rotatable bonds is 20. The van der Waals surface area contributed by atoms with E-state index in [1.807, 2.05) is 20.9 Å². The lowest BCUT2D eigenvalue weighted by Crippen LogP contribution is -2.20. The van der Waals surface area contributed by atoms with Crippen molar-refractivity contribution in [1.82, 2.24) is 10.6 Å². The summed E-state index contributed by atoms with van der Waals surface area (Å²) in [7, 11) is 1.90. The van der Waals surface area contributed by atoms with E-state index in [0.29, 0.717) is 59.5 Å². The van der Waals surface area contributed by atoms with Gasteiger partial charge in [0.05, 0.1) is 66.1 Å².